The molecule has 1 rings (SSSR count). The van der Waals surface area contributed by atoms with Crippen LogP contribution in [0.15, 0.2) is 16.6 Å². The van der Waals surface area contributed by atoms with Gasteiger partial charge in [0.1, 0.15) is 0 Å². The van der Waals surface area contributed by atoms with Crippen molar-refractivity contribution < 1.29 is 13.6 Å². The van der Waals surface area contributed by atoms with Gasteiger partial charge in [-0.05, 0) is 41.6 Å². The predicted octanol–water partition coefficient (Wildman–Crippen LogP) is 4.19. The zero-order valence-electron chi connectivity index (χ0n) is 7.15. The second kappa shape index (κ2) is 4.65. The summed E-state index contributed by atoms with van der Waals surface area (Å²) in [7, 11) is 0. The molecule has 0 atom stereocenters. The number of alkyl halides is 2. The Morgan fingerprint density at radius 2 is 2.07 bits per heavy atom. The number of rotatable bonds is 2. The van der Waals surface area contributed by atoms with Crippen LogP contribution < -0.4 is 0 Å². The van der Waals surface area contributed by atoms with Crippen molar-refractivity contribution in [2.45, 2.75) is 13.3 Å². The molecule has 1 aromatic rings. The van der Waals surface area contributed by atoms with E-state index in [4.69, 9.17) is 0 Å². The molecule has 0 N–H and O–H groups in total. The minimum Gasteiger partial charge on any atom is -0.294 e. The fourth-order valence-electron chi connectivity index (χ4n) is 1.14. The third kappa shape index (κ3) is 2.31. The van der Waals surface area contributed by atoms with Crippen LogP contribution in [-0.2, 0) is 0 Å². The average molecular weight is 375 g/mol. The van der Waals surface area contributed by atoms with E-state index in [1.54, 1.807) is 34.7 Å². The zero-order chi connectivity index (χ0) is 10.9. The number of carbonyl (C=O) groups excluding carboxylic acids is 1. The molecule has 0 heterocycles. The van der Waals surface area contributed by atoms with Gasteiger partial charge in [0.25, 0.3) is 6.43 Å². The second-order valence-electron chi connectivity index (χ2n) is 2.67. The summed E-state index contributed by atoms with van der Waals surface area (Å²) < 4.78 is 26.1. The molecular formula is C9H6BrF2IO. The van der Waals surface area contributed by atoms with E-state index in [-0.39, 0.29) is 16.9 Å². The van der Waals surface area contributed by atoms with Crippen molar-refractivity contribution >= 4 is 44.3 Å². The molecule has 0 radical (unpaired) electrons. The highest BCUT2D eigenvalue weighted by Gasteiger charge is 2.21. The van der Waals surface area contributed by atoms with E-state index in [0.717, 1.165) is 0 Å². The van der Waals surface area contributed by atoms with Gasteiger partial charge in [-0.25, -0.2) is 8.78 Å². The van der Waals surface area contributed by atoms with Crippen LogP contribution >= 0.6 is 38.5 Å². The van der Waals surface area contributed by atoms with Gasteiger partial charge in [-0.15, -0.1) is 0 Å². The smallest absolute Gasteiger partial charge is 0.265 e. The summed E-state index contributed by atoms with van der Waals surface area (Å²) in [6.45, 7) is 1.28. The molecule has 0 bridgehead atoms. The number of ketones is 1. The number of hydrogen-bond acceptors (Lipinski definition) is 1. The molecule has 0 aliphatic carbocycles. The highest BCUT2D eigenvalue weighted by Crippen LogP contribution is 2.32. The van der Waals surface area contributed by atoms with Crippen molar-refractivity contribution in [3.63, 3.8) is 0 Å². The topological polar surface area (TPSA) is 17.1 Å². The van der Waals surface area contributed by atoms with Gasteiger partial charge in [0.15, 0.2) is 5.78 Å². The Balaban J connectivity index is 3.50. The first kappa shape index (κ1) is 12.0. The molecule has 0 aliphatic rings. The Morgan fingerprint density at radius 1 is 1.50 bits per heavy atom. The SMILES string of the molecule is CC(=O)c1c(Br)ccc(I)c1C(F)F. The second-order valence-corrected chi connectivity index (χ2v) is 4.69. The van der Waals surface area contributed by atoms with Gasteiger partial charge in [0, 0.05) is 19.2 Å². The lowest BCUT2D eigenvalue weighted by molar-refractivity contribution is 0.0997. The summed E-state index contributed by atoms with van der Waals surface area (Å²) in [4.78, 5) is 11.2. The van der Waals surface area contributed by atoms with Crippen LogP contribution in [0, 0.1) is 3.57 Å². The quantitative estimate of drug-likeness (QED) is 0.560. The first-order valence-electron chi connectivity index (χ1n) is 3.72. The molecule has 0 spiro atoms. The summed E-state index contributed by atoms with van der Waals surface area (Å²) >= 11 is 4.89. The minimum absolute atomic E-state index is 0.0758. The van der Waals surface area contributed by atoms with Gasteiger partial charge < -0.3 is 0 Å². The molecular weight excluding hydrogens is 369 g/mol. The number of benzene rings is 1. The van der Waals surface area contributed by atoms with E-state index in [1.165, 1.54) is 6.92 Å². The Bertz CT molecular complexity index is 379. The molecule has 0 unspecified atom stereocenters. The highest BCUT2D eigenvalue weighted by molar-refractivity contribution is 14.1. The fraction of sp³-hybridized carbons (Fsp3) is 0.222. The molecule has 0 fully saturated rings. The number of halogens is 4. The lowest BCUT2D eigenvalue weighted by Gasteiger charge is -2.10. The first-order chi connectivity index (χ1) is 6.45. The third-order valence-electron chi connectivity index (χ3n) is 1.71. The molecule has 0 saturated heterocycles. The summed E-state index contributed by atoms with van der Waals surface area (Å²) in [5.74, 6) is -0.356. The standard InChI is InChI=1S/C9H6BrF2IO/c1-4(14)7-5(10)2-3-6(13)8(7)9(11)12/h2-3,9H,1H3. The highest BCUT2D eigenvalue weighted by atomic mass is 127. The van der Waals surface area contributed by atoms with Gasteiger partial charge in [0.05, 0.1) is 0 Å². The Labute approximate surface area is 102 Å². The summed E-state index contributed by atoms with van der Waals surface area (Å²) in [5.41, 5.74) is -0.112. The van der Waals surface area contributed by atoms with E-state index >= 15 is 0 Å². The fourth-order valence-corrected chi connectivity index (χ4v) is 2.45. The maximum absolute atomic E-state index is 12.7. The van der Waals surface area contributed by atoms with Crippen molar-refractivity contribution in [2.75, 3.05) is 0 Å². The van der Waals surface area contributed by atoms with E-state index in [2.05, 4.69) is 15.9 Å². The van der Waals surface area contributed by atoms with Gasteiger partial charge in [0.2, 0.25) is 0 Å². The van der Waals surface area contributed by atoms with Gasteiger partial charge in [-0.2, -0.15) is 0 Å². The van der Waals surface area contributed by atoms with Gasteiger partial charge >= 0.3 is 0 Å². The molecule has 0 aliphatic heterocycles. The van der Waals surface area contributed by atoms with Crippen LogP contribution in [0.3, 0.4) is 0 Å². The Kier molecular flexibility index (Phi) is 4.00. The summed E-state index contributed by atoms with van der Waals surface area (Å²) in [6.07, 6.45) is -2.63. The molecule has 0 amide bonds. The van der Waals surface area contributed by atoms with Crippen molar-refractivity contribution in [1.82, 2.24) is 0 Å². The van der Waals surface area contributed by atoms with E-state index in [9.17, 15) is 13.6 Å². The largest absolute Gasteiger partial charge is 0.294 e. The van der Waals surface area contributed by atoms with Crippen LogP contribution in [0.5, 0.6) is 0 Å². The zero-order valence-corrected chi connectivity index (χ0v) is 10.9. The maximum Gasteiger partial charge on any atom is 0.265 e. The average Bonchev–Trinajstić information content (AvgIpc) is 2.07. The van der Waals surface area contributed by atoms with Crippen LogP contribution in [0.2, 0.25) is 0 Å². The van der Waals surface area contributed by atoms with E-state index < -0.39 is 6.43 Å². The number of hydrogen-bond donors (Lipinski definition) is 0. The molecule has 76 valence electrons. The van der Waals surface area contributed by atoms with Crippen LogP contribution in [0.1, 0.15) is 29.3 Å². The molecule has 1 nitrogen and oxygen atoms in total. The molecule has 5 heteroatoms. The molecule has 0 saturated carbocycles. The number of carbonyl (C=O) groups is 1. The lowest BCUT2D eigenvalue weighted by atomic mass is 10.1. The van der Waals surface area contributed by atoms with E-state index in [0.29, 0.717) is 8.04 Å². The third-order valence-corrected chi connectivity index (χ3v) is 3.31. The van der Waals surface area contributed by atoms with Crippen molar-refractivity contribution in [2.24, 2.45) is 0 Å². The van der Waals surface area contributed by atoms with Gasteiger partial charge in [-0.3, -0.25) is 4.79 Å². The van der Waals surface area contributed by atoms with Crippen molar-refractivity contribution in [3.8, 4) is 0 Å². The maximum atomic E-state index is 12.7. The summed E-state index contributed by atoms with van der Waals surface area (Å²) in [5, 5.41) is 0. The van der Waals surface area contributed by atoms with Gasteiger partial charge in [-0.1, -0.05) is 15.9 Å². The number of Topliss-reactive ketones (excluding diaryl/α,β-unsaturated/α-hetero) is 1. The van der Waals surface area contributed by atoms with Crippen LogP contribution in [0.4, 0.5) is 8.78 Å². The predicted molar refractivity (Wildman–Crippen MR) is 61.8 cm³/mol. The normalized spacial score (nSPS) is 10.7. The van der Waals surface area contributed by atoms with Crippen molar-refractivity contribution in [3.05, 3.63) is 31.3 Å². The van der Waals surface area contributed by atoms with Crippen molar-refractivity contribution in [1.29, 1.82) is 0 Å². The first-order valence-corrected chi connectivity index (χ1v) is 5.59. The van der Waals surface area contributed by atoms with Crippen LogP contribution in [0.25, 0.3) is 0 Å². The molecule has 0 aromatic heterocycles. The Morgan fingerprint density at radius 3 is 2.43 bits per heavy atom. The molecule has 1 aromatic carbocycles. The minimum atomic E-state index is -2.63. The Hall–Kier alpha value is -0.0400. The van der Waals surface area contributed by atoms with Crippen LogP contribution in [-0.4, -0.2) is 5.78 Å². The molecule has 14 heavy (non-hydrogen) atoms. The lowest BCUT2D eigenvalue weighted by Crippen LogP contribution is -2.04. The monoisotopic (exact) mass is 374 g/mol. The van der Waals surface area contributed by atoms with E-state index in [1.807, 2.05) is 0 Å². The summed E-state index contributed by atoms with van der Waals surface area (Å²) in [6, 6.07) is 3.16.